The molecule has 4 aromatic rings. The molecule has 0 aliphatic carbocycles. The highest BCUT2D eigenvalue weighted by Gasteiger charge is 2.21. The number of halogens is 4. The molecule has 0 aliphatic heterocycles. The van der Waals surface area contributed by atoms with Crippen molar-refractivity contribution in [2.75, 3.05) is 0 Å². The number of aromatic nitrogens is 4. The lowest BCUT2D eigenvalue weighted by Gasteiger charge is -2.17. The summed E-state index contributed by atoms with van der Waals surface area (Å²) in [5, 5.41) is 10.2. The van der Waals surface area contributed by atoms with E-state index in [0.29, 0.717) is 16.9 Å². The van der Waals surface area contributed by atoms with Gasteiger partial charge in [0.25, 0.3) is 5.56 Å². The molecule has 0 saturated heterocycles. The van der Waals surface area contributed by atoms with Crippen LogP contribution in [0.2, 0.25) is 10.0 Å². The maximum Gasteiger partial charge on any atom is 0.280 e. The number of ether oxygens (including phenoxy) is 1. The molecule has 186 valence electrons. The third-order valence-electron chi connectivity index (χ3n) is 5.23. The van der Waals surface area contributed by atoms with Crippen molar-refractivity contribution in [3.8, 4) is 22.8 Å². The summed E-state index contributed by atoms with van der Waals surface area (Å²) in [6.45, 7) is 4.40. The van der Waals surface area contributed by atoms with Gasteiger partial charge in [0.1, 0.15) is 29.7 Å². The smallest absolute Gasteiger partial charge is 0.280 e. The second-order valence-electron chi connectivity index (χ2n) is 8.43. The van der Waals surface area contributed by atoms with Crippen LogP contribution in [-0.4, -0.2) is 24.6 Å². The van der Waals surface area contributed by atoms with Gasteiger partial charge in [-0.25, -0.2) is 18.7 Å². The number of hydrogen-bond donors (Lipinski definition) is 1. The minimum Gasteiger partial charge on any atom is -0.471 e. The fourth-order valence-corrected chi connectivity index (χ4v) is 3.79. The molecule has 0 unspecified atom stereocenters. The Labute approximate surface area is 215 Å². The van der Waals surface area contributed by atoms with Crippen molar-refractivity contribution in [2.24, 2.45) is 0 Å². The average Bonchev–Trinajstić information content (AvgIpc) is 2.82. The Morgan fingerprint density at radius 3 is 2.53 bits per heavy atom. The lowest BCUT2D eigenvalue weighted by molar-refractivity contribution is 0.0688. The van der Waals surface area contributed by atoms with Gasteiger partial charge < -0.3 is 9.84 Å². The Kier molecular flexibility index (Phi) is 7.08. The van der Waals surface area contributed by atoms with Crippen LogP contribution in [0.1, 0.15) is 31.1 Å². The topological polar surface area (TPSA) is 90.1 Å². The van der Waals surface area contributed by atoms with Gasteiger partial charge in [0.2, 0.25) is 5.88 Å². The van der Waals surface area contributed by atoms with Gasteiger partial charge in [-0.1, -0.05) is 29.3 Å². The van der Waals surface area contributed by atoms with Gasteiger partial charge in [-0.15, -0.1) is 0 Å². The second kappa shape index (κ2) is 9.93. The molecule has 36 heavy (non-hydrogen) atoms. The number of hydrogen-bond acceptors (Lipinski definition) is 6. The maximum atomic E-state index is 13.9. The Bertz CT molecular complexity index is 1520. The fraction of sp³-hybridized carbons (Fsp3) is 0.200. The predicted octanol–water partition coefficient (Wildman–Crippen LogP) is 5.39. The lowest BCUT2D eigenvalue weighted by Crippen LogP contribution is -2.24. The van der Waals surface area contributed by atoms with Gasteiger partial charge in [-0.05, 0) is 51.1 Å². The molecular formula is C25H20Cl2F2N4O3. The summed E-state index contributed by atoms with van der Waals surface area (Å²) in [7, 11) is 0. The molecule has 11 heteroatoms. The van der Waals surface area contributed by atoms with E-state index >= 15 is 0 Å². The van der Waals surface area contributed by atoms with E-state index in [1.807, 2.05) is 0 Å². The van der Waals surface area contributed by atoms with Crippen molar-refractivity contribution in [1.82, 2.24) is 19.5 Å². The number of rotatable bonds is 6. The zero-order chi connectivity index (χ0) is 26.2. The van der Waals surface area contributed by atoms with Crippen molar-refractivity contribution in [2.45, 2.75) is 33.0 Å². The Morgan fingerprint density at radius 1 is 1.08 bits per heavy atom. The van der Waals surface area contributed by atoms with Gasteiger partial charge >= 0.3 is 0 Å². The Morgan fingerprint density at radius 2 is 1.83 bits per heavy atom. The minimum atomic E-state index is -1.25. The van der Waals surface area contributed by atoms with Crippen LogP contribution in [0.25, 0.3) is 16.9 Å². The van der Waals surface area contributed by atoms with E-state index < -0.39 is 22.8 Å². The third-order valence-corrected chi connectivity index (χ3v) is 5.87. The van der Waals surface area contributed by atoms with Crippen LogP contribution < -0.4 is 10.3 Å². The summed E-state index contributed by atoms with van der Waals surface area (Å²) in [4.78, 5) is 26.0. The quantitative estimate of drug-likeness (QED) is 0.358. The Balaban J connectivity index is 1.72. The SMILES string of the molecule is Cc1nc(OCc2ccc(F)cc2F)c(Cl)c(=O)n1-c1cc(-c2ccnc(C(C)(C)O)n2)ccc1Cl. The standard InChI is InChI=1S/C25H20Cl2F2N4O3/c1-13-31-22(36-12-15-4-6-16(28)11-18(15)29)21(27)23(34)33(13)20-10-14(5-7-17(20)26)19-8-9-30-24(32-19)25(2,3)35/h4-11,35H,12H2,1-3H3. The molecule has 0 fully saturated rings. The van der Waals surface area contributed by atoms with E-state index in [4.69, 9.17) is 27.9 Å². The zero-order valence-electron chi connectivity index (χ0n) is 19.4. The summed E-state index contributed by atoms with van der Waals surface area (Å²) >= 11 is 12.7. The van der Waals surface area contributed by atoms with Crippen LogP contribution in [0.15, 0.2) is 53.5 Å². The molecule has 7 nitrogen and oxygen atoms in total. The van der Waals surface area contributed by atoms with Crippen LogP contribution in [0.4, 0.5) is 8.78 Å². The highest BCUT2D eigenvalue weighted by molar-refractivity contribution is 6.33. The van der Waals surface area contributed by atoms with Gasteiger partial charge in [0.15, 0.2) is 10.8 Å². The van der Waals surface area contributed by atoms with Crippen LogP contribution in [-0.2, 0) is 12.2 Å². The highest BCUT2D eigenvalue weighted by Crippen LogP contribution is 2.29. The fourth-order valence-electron chi connectivity index (χ4n) is 3.40. The van der Waals surface area contributed by atoms with Crippen molar-refractivity contribution < 1.29 is 18.6 Å². The van der Waals surface area contributed by atoms with Crippen molar-refractivity contribution >= 4 is 23.2 Å². The molecule has 0 amide bonds. The third kappa shape index (κ3) is 5.23. The minimum absolute atomic E-state index is 0.0714. The summed E-state index contributed by atoms with van der Waals surface area (Å²) in [5.41, 5.74) is -0.420. The molecule has 0 spiro atoms. The molecule has 0 aliphatic rings. The normalized spacial score (nSPS) is 11.6. The molecule has 2 aromatic heterocycles. The summed E-state index contributed by atoms with van der Waals surface area (Å²) in [6, 6.07) is 9.67. The summed E-state index contributed by atoms with van der Waals surface area (Å²) < 4.78 is 33.8. The molecule has 0 atom stereocenters. The van der Waals surface area contributed by atoms with Gasteiger partial charge in [0, 0.05) is 23.4 Å². The molecule has 0 radical (unpaired) electrons. The first-order chi connectivity index (χ1) is 17.0. The average molecular weight is 533 g/mol. The number of aryl methyl sites for hydroxylation is 1. The summed E-state index contributed by atoms with van der Waals surface area (Å²) in [5.74, 6) is -1.27. The van der Waals surface area contributed by atoms with E-state index in [0.717, 1.165) is 12.1 Å². The van der Waals surface area contributed by atoms with Gasteiger partial charge in [-0.3, -0.25) is 9.36 Å². The zero-order valence-corrected chi connectivity index (χ0v) is 20.9. The van der Waals surface area contributed by atoms with Crippen LogP contribution in [0.3, 0.4) is 0 Å². The van der Waals surface area contributed by atoms with Crippen LogP contribution in [0.5, 0.6) is 5.88 Å². The van der Waals surface area contributed by atoms with Crippen molar-refractivity contribution in [1.29, 1.82) is 0 Å². The largest absolute Gasteiger partial charge is 0.471 e. The molecule has 0 bridgehead atoms. The second-order valence-corrected chi connectivity index (χ2v) is 9.22. The van der Waals surface area contributed by atoms with Crippen molar-refractivity contribution in [3.63, 3.8) is 0 Å². The number of nitrogens with zero attached hydrogens (tertiary/aromatic N) is 4. The highest BCUT2D eigenvalue weighted by atomic mass is 35.5. The van der Waals surface area contributed by atoms with E-state index in [1.54, 1.807) is 45.0 Å². The Hall–Kier alpha value is -3.40. The first-order valence-electron chi connectivity index (χ1n) is 10.7. The number of aliphatic hydroxyl groups is 1. The first-order valence-corrected chi connectivity index (χ1v) is 11.4. The molecule has 2 aromatic carbocycles. The summed E-state index contributed by atoms with van der Waals surface area (Å²) in [6.07, 6.45) is 1.52. The van der Waals surface area contributed by atoms with E-state index in [-0.39, 0.29) is 39.7 Å². The van der Waals surface area contributed by atoms with E-state index in [2.05, 4.69) is 15.0 Å². The van der Waals surface area contributed by atoms with Gasteiger partial charge in [0.05, 0.1) is 16.4 Å². The van der Waals surface area contributed by atoms with Crippen LogP contribution in [0, 0.1) is 18.6 Å². The van der Waals surface area contributed by atoms with E-state index in [9.17, 15) is 18.7 Å². The maximum absolute atomic E-state index is 13.9. The molecule has 0 saturated carbocycles. The number of benzene rings is 2. The molecular weight excluding hydrogens is 513 g/mol. The molecule has 2 heterocycles. The molecule has 1 N–H and O–H groups in total. The molecule has 4 rings (SSSR count). The van der Waals surface area contributed by atoms with Crippen molar-refractivity contribution in [3.05, 3.63) is 97.9 Å². The van der Waals surface area contributed by atoms with Gasteiger partial charge in [-0.2, -0.15) is 4.98 Å². The van der Waals surface area contributed by atoms with E-state index in [1.165, 1.54) is 16.8 Å². The first kappa shape index (κ1) is 25.7. The predicted molar refractivity (Wildman–Crippen MR) is 132 cm³/mol. The van der Waals surface area contributed by atoms with Crippen LogP contribution >= 0.6 is 23.2 Å². The monoisotopic (exact) mass is 532 g/mol. The lowest BCUT2D eigenvalue weighted by atomic mass is 10.1.